The molecule has 1 heterocycles. The number of hydrogen-bond donors (Lipinski definition) is 1. The number of ether oxygens (including phenoxy) is 1. The Morgan fingerprint density at radius 1 is 1.25 bits per heavy atom. The van der Waals surface area contributed by atoms with Gasteiger partial charge in [-0.25, -0.2) is 0 Å². The van der Waals surface area contributed by atoms with Crippen molar-refractivity contribution in [2.45, 2.75) is 13.0 Å². The molecule has 1 aromatic carbocycles. The molecule has 1 aliphatic heterocycles. The zero-order valence-corrected chi connectivity index (χ0v) is 10.8. The first kappa shape index (κ1) is 11.8. The SMILES string of the molecule is Brc1ccccc1CNCC1=CCCOC1. The van der Waals surface area contributed by atoms with Crippen LogP contribution in [0.5, 0.6) is 0 Å². The van der Waals surface area contributed by atoms with Gasteiger partial charge in [0.05, 0.1) is 13.2 Å². The minimum absolute atomic E-state index is 0.781. The van der Waals surface area contributed by atoms with E-state index in [-0.39, 0.29) is 0 Å². The van der Waals surface area contributed by atoms with Gasteiger partial charge in [0.1, 0.15) is 0 Å². The summed E-state index contributed by atoms with van der Waals surface area (Å²) in [6, 6.07) is 8.29. The summed E-state index contributed by atoms with van der Waals surface area (Å²) in [4.78, 5) is 0. The summed E-state index contributed by atoms with van der Waals surface area (Å²) in [5.41, 5.74) is 2.65. The van der Waals surface area contributed by atoms with Crippen LogP contribution in [-0.4, -0.2) is 19.8 Å². The highest BCUT2D eigenvalue weighted by molar-refractivity contribution is 9.10. The first-order chi connectivity index (χ1) is 7.86. The van der Waals surface area contributed by atoms with Gasteiger partial charge in [0.2, 0.25) is 0 Å². The molecule has 0 atom stereocenters. The maximum atomic E-state index is 5.39. The van der Waals surface area contributed by atoms with Crippen LogP contribution >= 0.6 is 15.9 Å². The topological polar surface area (TPSA) is 21.3 Å². The molecule has 0 saturated carbocycles. The zero-order chi connectivity index (χ0) is 11.2. The predicted molar refractivity (Wildman–Crippen MR) is 69.4 cm³/mol. The summed E-state index contributed by atoms with van der Waals surface area (Å²) >= 11 is 3.54. The highest BCUT2D eigenvalue weighted by Gasteiger charge is 2.03. The molecular formula is C13H16BrNO. The van der Waals surface area contributed by atoms with Crippen molar-refractivity contribution in [2.75, 3.05) is 19.8 Å². The molecule has 0 spiro atoms. The van der Waals surface area contributed by atoms with Gasteiger partial charge >= 0.3 is 0 Å². The van der Waals surface area contributed by atoms with Crippen LogP contribution in [0, 0.1) is 0 Å². The van der Waals surface area contributed by atoms with Crippen LogP contribution in [0.4, 0.5) is 0 Å². The lowest BCUT2D eigenvalue weighted by Crippen LogP contribution is -2.21. The van der Waals surface area contributed by atoms with Gasteiger partial charge in [-0.15, -0.1) is 0 Å². The highest BCUT2D eigenvalue weighted by atomic mass is 79.9. The maximum absolute atomic E-state index is 5.39. The Labute approximate surface area is 105 Å². The van der Waals surface area contributed by atoms with Gasteiger partial charge < -0.3 is 10.1 Å². The Morgan fingerprint density at radius 2 is 2.12 bits per heavy atom. The molecule has 0 unspecified atom stereocenters. The summed E-state index contributed by atoms with van der Waals surface area (Å²) in [6.45, 7) is 3.46. The first-order valence-corrected chi connectivity index (χ1v) is 6.35. The van der Waals surface area contributed by atoms with E-state index in [1.165, 1.54) is 11.1 Å². The molecule has 16 heavy (non-hydrogen) atoms. The summed E-state index contributed by atoms with van der Waals surface area (Å²) in [7, 11) is 0. The Morgan fingerprint density at radius 3 is 2.88 bits per heavy atom. The average molecular weight is 282 g/mol. The first-order valence-electron chi connectivity index (χ1n) is 5.56. The van der Waals surface area contributed by atoms with Crippen molar-refractivity contribution in [1.29, 1.82) is 0 Å². The van der Waals surface area contributed by atoms with Crippen LogP contribution in [0.2, 0.25) is 0 Å². The second kappa shape index (κ2) is 6.18. The van der Waals surface area contributed by atoms with Gasteiger partial charge in [0.25, 0.3) is 0 Å². The molecule has 2 rings (SSSR count). The van der Waals surface area contributed by atoms with Crippen LogP contribution in [-0.2, 0) is 11.3 Å². The van der Waals surface area contributed by atoms with E-state index in [4.69, 9.17) is 4.74 Å². The Bertz CT molecular complexity index is 376. The Balaban J connectivity index is 1.80. The summed E-state index contributed by atoms with van der Waals surface area (Å²) in [6.07, 6.45) is 3.32. The molecule has 0 bridgehead atoms. The fourth-order valence-corrected chi connectivity index (χ4v) is 2.16. The molecule has 1 aromatic rings. The molecular weight excluding hydrogens is 266 g/mol. The minimum Gasteiger partial charge on any atom is -0.377 e. The van der Waals surface area contributed by atoms with Gasteiger partial charge in [-0.3, -0.25) is 0 Å². The van der Waals surface area contributed by atoms with Crippen LogP contribution < -0.4 is 5.32 Å². The third-order valence-electron chi connectivity index (χ3n) is 2.61. The lowest BCUT2D eigenvalue weighted by molar-refractivity contribution is 0.149. The summed E-state index contributed by atoms with van der Waals surface area (Å²) < 4.78 is 6.55. The van der Waals surface area contributed by atoms with Crippen molar-refractivity contribution in [1.82, 2.24) is 5.32 Å². The molecule has 0 saturated heterocycles. The fourth-order valence-electron chi connectivity index (χ4n) is 1.73. The summed E-state index contributed by atoms with van der Waals surface area (Å²) in [5, 5.41) is 3.43. The molecule has 0 aliphatic carbocycles. The number of hydrogen-bond acceptors (Lipinski definition) is 2. The maximum Gasteiger partial charge on any atom is 0.0689 e. The van der Waals surface area contributed by atoms with Crippen molar-refractivity contribution in [3.63, 3.8) is 0 Å². The van der Waals surface area contributed by atoms with Crippen molar-refractivity contribution < 1.29 is 4.74 Å². The molecule has 2 nitrogen and oxygen atoms in total. The molecule has 1 N–H and O–H groups in total. The molecule has 0 radical (unpaired) electrons. The van der Waals surface area contributed by atoms with Crippen LogP contribution in [0.15, 0.2) is 40.4 Å². The Hall–Kier alpha value is -0.640. The predicted octanol–water partition coefficient (Wildman–Crippen LogP) is 2.89. The molecule has 0 fully saturated rings. The van der Waals surface area contributed by atoms with E-state index in [1.54, 1.807) is 0 Å². The van der Waals surface area contributed by atoms with Crippen LogP contribution in [0.3, 0.4) is 0 Å². The molecule has 1 aliphatic rings. The van der Waals surface area contributed by atoms with E-state index >= 15 is 0 Å². The number of rotatable bonds is 4. The molecule has 0 amide bonds. The third kappa shape index (κ3) is 3.44. The molecule has 0 aromatic heterocycles. The van der Waals surface area contributed by atoms with Crippen LogP contribution in [0.25, 0.3) is 0 Å². The van der Waals surface area contributed by atoms with Gasteiger partial charge in [-0.2, -0.15) is 0 Å². The number of benzene rings is 1. The molecule has 3 heteroatoms. The fraction of sp³-hybridized carbons (Fsp3) is 0.385. The van der Waals surface area contributed by atoms with Gasteiger partial charge in [0.15, 0.2) is 0 Å². The van der Waals surface area contributed by atoms with Gasteiger partial charge in [-0.1, -0.05) is 40.2 Å². The average Bonchev–Trinajstić information content (AvgIpc) is 2.33. The largest absolute Gasteiger partial charge is 0.377 e. The van der Waals surface area contributed by atoms with Crippen molar-refractivity contribution in [3.05, 3.63) is 46.0 Å². The quantitative estimate of drug-likeness (QED) is 0.857. The molecule has 86 valence electrons. The van der Waals surface area contributed by atoms with E-state index in [9.17, 15) is 0 Å². The second-order valence-electron chi connectivity index (χ2n) is 3.90. The lowest BCUT2D eigenvalue weighted by atomic mass is 10.2. The minimum atomic E-state index is 0.781. The van der Waals surface area contributed by atoms with E-state index in [2.05, 4.69) is 45.5 Å². The standard InChI is InChI=1S/C13H16BrNO/c14-13-6-2-1-5-12(13)9-15-8-11-4-3-7-16-10-11/h1-2,4-6,15H,3,7-10H2. The smallest absolute Gasteiger partial charge is 0.0689 e. The Kier molecular flexibility index (Phi) is 4.57. The van der Waals surface area contributed by atoms with Crippen molar-refractivity contribution in [3.8, 4) is 0 Å². The van der Waals surface area contributed by atoms with Gasteiger partial charge in [-0.05, 0) is 23.6 Å². The zero-order valence-electron chi connectivity index (χ0n) is 9.21. The number of halogens is 1. The van der Waals surface area contributed by atoms with Crippen LogP contribution in [0.1, 0.15) is 12.0 Å². The third-order valence-corrected chi connectivity index (χ3v) is 3.38. The monoisotopic (exact) mass is 281 g/mol. The van der Waals surface area contributed by atoms with Crippen molar-refractivity contribution in [2.24, 2.45) is 0 Å². The van der Waals surface area contributed by atoms with E-state index < -0.39 is 0 Å². The highest BCUT2D eigenvalue weighted by Crippen LogP contribution is 2.15. The van der Waals surface area contributed by atoms with E-state index in [1.807, 2.05) is 6.07 Å². The van der Waals surface area contributed by atoms with E-state index in [0.717, 1.165) is 37.2 Å². The van der Waals surface area contributed by atoms with Crippen molar-refractivity contribution >= 4 is 15.9 Å². The lowest BCUT2D eigenvalue weighted by Gasteiger charge is -2.14. The van der Waals surface area contributed by atoms with E-state index in [0.29, 0.717) is 0 Å². The van der Waals surface area contributed by atoms with Gasteiger partial charge in [0, 0.05) is 17.6 Å². The second-order valence-corrected chi connectivity index (χ2v) is 4.75. The normalized spacial score (nSPS) is 15.9. The number of nitrogens with one attached hydrogen (secondary N) is 1. The summed E-state index contributed by atoms with van der Waals surface area (Å²) in [5.74, 6) is 0.